The van der Waals surface area contributed by atoms with Crippen LogP contribution in [0.1, 0.15) is 11.1 Å². The SMILES string of the molecule is CNCc1csc(S(=O)(=O)Nc2c(C)cccc2F)c1. The van der Waals surface area contributed by atoms with Crippen molar-refractivity contribution in [3.8, 4) is 0 Å². The maximum absolute atomic E-state index is 13.7. The van der Waals surface area contributed by atoms with E-state index in [2.05, 4.69) is 10.0 Å². The highest BCUT2D eigenvalue weighted by molar-refractivity contribution is 7.94. The van der Waals surface area contributed by atoms with Gasteiger partial charge in [-0.1, -0.05) is 12.1 Å². The summed E-state index contributed by atoms with van der Waals surface area (Å²) in [5.74, 6) is -0.583. The smallest absolute Gasteiger partial charge is 0.271 e. The molecule has 0 radical (unpaired) electrons. The van der Waals surface area contributed by atoms with Gasteiger partial charge in [0.2, 0.25) is 0 Å². The van der Waals surface area contributed by atoms with Gasteiger partial charge in [0, 0.05) is 6.54 Å². The largest absolute Gasteiger partial charge is 0.316 e. The molecule has 108 valence electrons. The van der Waals surface area contributed by atoms with Crippen LogP contribution >= 0.6 is 11.3 Å². The topological polar surface area (TPSA) is 58.2 Å². The Labute approximate surface area is 121 Å². The third kappa shape index (κ3) is 3.17. The highest BCUT2D eigenvalue weighted by atomic mass is 32.2. The summed E-state index contributed by atoms with van der Waals surface area (Å²) in [6.07, 6.45) is 0. The van der Waals surface area contributed by atoms with Gasteiger partial charge in [-0.05, 0) is 42.6 Å². The summed E-state index contributed by atoms with van der Waals surface area (Å²) in [5, 5.41) is 4.71. The summed E-state index contributed by atoms with van der Waals surface area (Å²) in [7, 11) is -1.97. The zero-order chi connectivity index (χ0) is 14.8. The van der Waals surface area contributed by atoms with Crippen LogP contribution in [0.3, 0.4) is 0 Å². The van der Waals surface area contributed by atoms with Crippen LogP contribution in [0.5, 0.6) is 0 Å². The van der Waals surface area contributed by atoms with Gasteiger partial charge < -0.3 is 5.32 Å². The number of para-hydroxylation sites is 1. The molecule has 4 nitrogen and oxygen atoms in total. The van der Waals surface area contributed by atoms with Gasteiger partial charge in [0.1, 0.15) is 10.0 Å². The lowest BCUT2D eigenvalue weighted by Gasteiger charge is -2.09. The monoisotopic (exact) mass is 314 g/mol. The van der Waals surface area contributed by atoms with Crippen molar-refractivity contribution < 1.29 is 12.8 Å². The van der Waals surface area contributed by atoms with Gasteiger partial charge in [-0.15, -0.1) is 11.3 Å². The van der Waals surface area contributed by atoms with Crippen molar-refractivity contribution in [3.63, 3.8) is 0 Å². The van der Waals surface area contributed by atoms with Gasteiger partial charge in [-0.2, -0.15) is 0 Å². The molecule has 0 atom stereocenters. The number of anilines is 1. The highest BCUT2D eigenvalue weighted by Crippen LogP contribution is 2.26. The quantitative estimate of drug-likeness (QED) is 0.892. The van der Waals surface area contributed by atoms with E-state index in [0.717, 1.165) is 16.9 Å². The Kier molecular flexibility index (Phi) is 4.42. The van der Waals surface area contributed by atoms with Crippen LogP contribution in [0.2, 0.25) is 0 Å². The molecule has 0 saturated heterocycles. The van der Waals surface area contributed by atoms with E-state index in [0.29, 0.717) is 12.1 Å². The second-order valence-electron chi connectivity index (χ2n) is 4.34. The molecule has 0 amide bonds. The molecule has 7 heteroatoms. The number of sulfonamides is 1. The number of thiophene rings is 1. The minimum Gasteiger partial charge on any atom is -0.316 e. The summed E-state index contributed by atoms with van der Waals surface area (Å²) >= 11 is 1.11. The lowest BCUT2D eigenvalue weighted by molar-refractivity contribution is 0.600. The molecule has 0 fully saturated rings. The lowest BCUT2D eigenvalue weighted by atomic mass is 10.2. The number of benzene rings is 1. The highest BCUT2D eigenvalue weighted by Gasteiger charge is 2.19. The molecule has 1 aromatic heterocycles. The van der Waals surface area contributed by atoms with E-state index in [1.165, 1.54) is 6.07 Å². The zero-order valence-electron chi connectivity index (χ0n) is 11.1. The van der Waals surface area contributed by atoms with Crippen molar-refractivity contribution in [3.05, 3.63) is 46.6 Å². The summed E-state index contributed by atoms with van der Waals surface area (Å²) < 4.78 is 40.6. The molecular formula is C13H15FN2O2S2. The van der Waals surface area contributed by atoms with Crippen LogP contribution in [-0.4, -0.2) is 15.5 Å². The summed E-state index contributed by atoms with van der Waals surface area (Å²) in [4.78, 5) is 0. The van der Waals surface area contributed by atoms with Crippen molar-refractivity contribution in [2.75, 3.05) is 11.8 Å². The van der Waals surface area contributed by atoms with Crippen LogP contribution in [0.15, 0.2) is 33.9 Å². The van der Waals surface area contributed by atoms with Gasteiger partial charge in [0.15, 0.2) is 0 Å². The predicted octanol–water partition coefficient (Wildman–Crippen LogP) is 2.72. The molecule has 0 aliphatic heterocycles. The Bertz CT molecular complexity index is 691. The molecule has 2 rings (SSSR count). The summed E-state index contributed by atoms with van der Waals surface area (Å²) in [5.41, 5.74) is 1.42. The van der Waals surface area contributed by atoms with Crippen molar-refractivity contribution in [2.45, 2.75) is 17.7 Å². The normalized spacial score (nSPS) is 11.6. The van der Waals surface area contributed by atoms with Crippen LogP contribution in [-0.2, 0) is 16.6 Å². The van der Waals surface area contributed by atoms with E-state index in [9.17, 15) is 12.8 Å². The Balaban J connectivity index is 2.31. The first kappa shape index (κ1) is 15.0. The molecular weight excluding hydrogens is 299 g/mol. The number of aryl methyl sites for hydroxylation is 1. The molecule has 0 aliphatic rings. The molecule has 2 aromatic rings. The molecule has 2 N–H and O–H groups in total. The van der Waals surface area contributed by atoms with Gasteiger partial charge in [-0.3, -0.25) is 4.72 Å². The molecule has 1 aromatic carbocycles. The van der Waals surface area contributed by atoms with Gasteiger partial charge in [0.25, 0.3) is 10.0 Å². The summed E-state index contributed by atoms with van der Waals surface area (Å²) in [6, 6.07) is 6.01. The van der Waals surface area contributed by atoms with Crippen LogP contribution in [0.4, 0.5) is 10.1 Å². The van der Waals surface area contributed by atoms with Crippen molar-refractivity contribution >= 4 is 27.0 Å². The van der Waals surface area contributed by atoms with E-state index in [-0.39, 0.29) is 9.90 Å². The minimum atomic E-state index is -3.76. The lowest BCUT2D eigenvalue weighted by Crippen LogP contribution is -2.13. The zero-order valence-corrected chi connectivity index (χ0v) is 12.7. The van der Waals surface area contributed by atoms with Crippen LogP contribution in [0, 0.1) is 12.7 Å². The molecule has 1 heterocycles. The second kappa shape index (κ2) is 5.90. The van der Waals surface area contributed by atoms with Crippen molar-refractivity contribution in [2.24, 2.45) is 0 Å². The average molecular weight is 314 g/mol. The standard InChI is InChI=1S/C13H15FN2O2S2/c1-9-4-3-5-11(14)13(9)16-20(17,18)12-6-10(7-15-2)8-19-12/h3-6,8,15-16H,7H2,1-2H3. The Morgan fingerprint density at radius 1 is 1.35 bits per heavy atom. The fraction of sp³-hybridized carbons (Fsp3) is 0.231. The first-order chi connectivity index (χ1) is 9.44. The van der Waals surface area contributed by atoms with Gasteiger partial charge >= 0.3 is 0 Å². The average Bonchev–Trinajstić information content (AvgIpc) is 2.84. The van der Waals surface area contributed by atoms with Crippen molar-refractivity contribution in [1.82, 2.24) is 5.32 Å². The Morgan fingerprint density at radius 3 is 2.75 bits per heavy atom. The first-order valence-electron chi connectivity index (χ1n) is 5.94. The maximum atomic E-state index is 13.7. The van der Waals surface area contributed by atoms with Crippen LogP contribution < -0.4 is 10.0 Å². The van der Waals surface area contributed by atoms with Crippen molar-refractivity contribution in [1.29, 1.82) is 0 Å². The van der Waals surface area contributed by atoms with Gasteiger partial charge in [-0.25, -0.2) is 12.8 Å². The molecule has 0 saturated carbocycles. The third-order valence-electron chi connectivity index (χ3n) is 2.73. The third-order valence-corrected chi connectivity index (χ3v) is 5.57. The predicted molar refractivity (Wildman–Crippen MR) is 79.0 cm³/mol. The minimum absolute atomic E-state index is 0.00364. The molecule has 0 bridgehead atoms. The first-order valence-corrected chi connectivity index (χ1v) is 8.30. The van der Waals surface area contributed by atoms with E-state index < -0.39 is 15.8 Å². The fourth-order valence-corrected chi connectivity index (χ4v) is 4.09. The van der Waals surface area contributed by atoms with E-state index in [1.54, 1.807) is 37.6 Å². The number of hydrogen-bond donors (Lipinski definition) is 2. The number of rotatable bonds is 5. The Hall–Kier alpha value is -1.44. The Morgan fingerprint density at radius 2 is 2.10 bits per heavy atom. The molecule has 0 spiro atoms. The van der Waals surface area contributed by atoms with Gasteiger partial charge in [0.05, 0.1) is 5.69 Å². The number of nitrogens with one attached hydrogen (secondary N) is 2. The fourth-order valence-electron chi connectivity index (χ4n) is 1.74. The molecule has 0 aliphatic carbocycles. The van der Waals surface area contributed by atoms with E-state index in [4.69, 9.17) is 0 Å². The van der Waals surface area contributed by atoms with E-state index in [1.807, 2.05) is 0 Å². The molecule has 0 unspecified atom stereocenters. The second-order valence-corrected chi connectivity index (χ2v) is 7.16. The number of halogens is 1. The summed E-state index contributed by atoms with van der Waals surface area (Å²) in [6.45, 7) is 2.24. The van der Waals surface area contributed by atoms with Crippen LogP contribution in [0.25, 0.3) is 0 Å². The van der Waals surface area contributed by atoms with E-state index >= 15 is 0 Å². The number of hydrogen-bond acceptors (Lipinski definition) is 4. The molecule has 20 heavy (non-hydrogen) atoms. The maximum Gasteiger partial charge on any atom is 0.271 e.